The molecular weight excluding hydrogens is 620 g/mol. The highest BCUT2D eigenvalue weighted by atomic mass is 19.4. The van der Waals surface area contributed by atoms with Crippen LogP contribution in [0.15, 0.2) is 42.5 Å². The van der Waals surface area contributed by atoms with Gasteiger partial charge in [-0.2, -0.15) is 26.3 Å². The number of hydrogen-bond donors (Lipinski definition) is 0. The van der Waals surface area contributed by atoms with Gasteiger partial charge in [-0.3, -0.25) is 9.69 Å². The lowest BCUT2D eigenvalue weighted by molar-refractivity contribution is -0.162. The van der Waals surface area contributed by atoms with E-state index in [1.807, 2.05) is 38.1 Å². The van der Waals surface area contributed by atoms with Gasteiger partial charge in [-0.25, -0.2) is 0 Å². The van der Waals surface area contributed by atoms with Gasteiger partial charge in [0.25, 0.3) is 0 Å². The third-order valence-corrected chi connectivity index (χ3v) is 10.2. The van der Waals surface area contributed by atoms with Crippen molar-refractivity contribution in [2.75, 3.05) is 45.8 Å². The number of likely N-dealkylation sites (tertiary alicyclic amines) is 1. The molecule has 1 saturated carbocycles. The average Bonchev–Trinajstić information content (AvgIpc) is 3.03. The molecule has 2 aliphatic heterocycles. The summed E-state index contributed by atoms with van der Waals surface area (Å²) in [7, 11) is 0. The van der Waals surface area contributed by atoms with Crippen molar-refractivity contribution in [1.82, 2.24) is 14.7 Å². The molecule has 5 rings (SSSR count). The van der Waals surface area contributed by atoms with Gasteiger partial charge in [0.05, 0.1) is 23.7 Å². The minimum atomic E-state index is -5.18. The van der Waals surface area contributed by atoms with E-state index in [9.17, 15) is 31.1 Å². The zero-order chi connectivity index (χ0) is 33.8. The lowest BCUT2D eigenvalue weighted by Crippen LogP contribution is -2.53. The van der Waals surface area contributed by atoms with Crippen molar-refractivity contribution in [3.63, 3.8) is 0 Å². The Morgan fingerprint density at radius 3 is 2.23 bits per heavy atom. The monoisotopic (exact) mass is 667 g/mol. The van der Waals surface area contributed by atoms with Crippen LogP contribution in [-0.4, -0.2) is 78.6 Å². The minimum absolute atomic E-state index is 0.0378. The van der Waals surface area contributed by atoms with Gasteiger partial charge >= 0.3 is 12.4 Å². The van der Waals surface area contributed by atoms with Crippen molar-refractivity contribution in [2.45, 2.75) is 102 Å². The van der Waals surface area contributed by atoms with Crippen LogP contribution in [-0.2, 0) is 29.0 Å². The molecule has 3 fully saturated rings. The van der Waals surface area contributed by atoms with Crippen molar-refractivity contribution in [1.29, 1.82) is 0 Å². The van der Waals surface area contributed by atoms with Crippen LogP contribution in [0.1, 0.15) is 87.5 Å². The molecular formula is C36H47F6N3O2. The Hall–Kier alpha value is -2.79. The average molecular weight is 668 g/mol. The molecule has 0 spiro atoms. The zero-order valence-electron chi connectivity index (χ0n) is 27.4. The Bertz CT molecular complexity index is 1350. The maximum Gasteiger partial charge on any atom is 0.417 e. The van der Waals surface area contributed by atoms with Crippen molar-refractivity contribution < 1.29 is 35.9 Å². The van der Waals surface area contributed by atoms with Crippen LogP contribution in [0, 0.1) is 0 Å². The summed E-state index contributed by atoms with van der Waals surface area (Å²) in [5.41, 5.74) is -3.30. The van der Waals surface area contributed by atoms with Crippen LogP contribution in [0.2, 0.25) is 0 Å². The summed E-state index contributed by atoms with van der Waals surface area (Å²) in [4.78, 5) is 20.2. The van der Waals surface area contributed by atoms with E-state index < -0.39 is 28.9 Å². The number of carbonyl (C=O) groups excluding carboxylic acids is 1. The van der Waals surface area contributed by atoms with Crippen molar-refractivity contribution >= 4 is 5.91 Å². The van der Waals surface area contributed by atoms with Crippen LogP contribution in [0.3, 0.4) is 0 Å². The molecule has 47 heavy (non-hydrogen) atoms. The molecule has 2 aromatic carbocycles. The Balaban J connectivity index is 1.38. The molecule has 2 heterocycles. The first kappa shape index (κ1) is 35.5. The highest BCUT2D eigenvalue weighted by Gasteiger charge is 2.46. The summed E-state index contributed by atoms with van der Waals surface area (Å²) in [6, 6.07) is 10.4. The van der Waals surface area contributed by atoms with E-state index in [2.05, 4.69) is 9.80 Å². The van der Waals surface area contributed by atoms with Crippen molar-refractivity contribution in [3.8, 4) is 5.75 Å². The van der Waals surface area contributed by atoms with Gasteiger partial charge in [0.1, 0.15) is 5.75 Å². The first-order valence-electron chi connectivity index (χ1n) is 17.0. The first-order valence-corrected chi connectivity index (χ1v) is 17.0. The molecule has 0 bridgehead atoms. The Morgan fingerprint density at radius 2 is 1.57 bits per heavy atom. The quantitative estimate of drug-likeness (QED) is 0.255. The van der Waals surface area contributed by atoms with E-state index >= 15 is 0 Å². The van der Waals surface area contributed by atoms with Gasteiger partial charge in [-0.1, -0.05) is 37.5 Å². The Labute approximate surface area is 274 Å². The molecule has 1 unspecified atom stereocenters. The first-order chi connectivity index (χ1) is 22.2. The predicted octanol–water partition coefficient (Wildman–Crippen LogP) is 7.95. The van der Waals surface area contributed by atoms with Crippen LogP contribution in [0.5, 0.6) is 5.75 Å². The van der Waals surface area contributed by atoms with Gasteiger partial charge in [0, 0.05) is 50.7 Å². The summed E-state index contributed by atoms with van der Waals surface area (Å²) in [5, 5.41) is 0. The number of amides is 1. The number of piperidine rings is 1. The van der Waals surface area contributed by atoms with E-state index in [0.717, 1.165) is 31.7 Å². The van der Waals surface area contributed by atoms with E-state index in [-0.39, 0.29) is 30.5 Å². The van der Waals surface area contributed by atoms with Crippen LogP contribution >= 0.6 is 0 Å². The maximum atomic E-state index is 14.1. The molecule has 260 valence electrons. The fraction of sp³-hybridized carbons (Fsp3) is 0.639. The maximum absolute atomic E-state index is 14.1. The number of nitrogens with zero attached hydrogens (tertiary/aromatic N) is 3. The Morgan fingerprint density at radius 1 is 0.872 bits per heavy atom. The smallest absolute Gasteiger partial charge is 0.417 e. The molecule has 0 N–H and O–H groups in total. The summed E-state index contributed by atoms with van der Waals surface area (Å²) in [6.07, 6.45) is -2.55. The summed E-state index contributed by atoms with van der Waals surface area (Å²) in [6.45, 7) is 8.54. The number of halogens is 6. The number of alkyl halides is 6. The summed E-state index contributed by atoms with van der Waals surface area (Å²) in [5.74, 6) is 0.478. The van der Waals surface area contributed by atoms with E-state index in [0.29, 0.717) is 56.3 Å². The SMILES string of the molecule is CC(C)Oc1cccc(CC(=O)N2CCCC(CCN3CCN(C4CCCCC4)CC3)(c3ccc(C(F)(F)F)c(C(F)(F)F)c3)C2)c1. The highest BCUT2D eigenvalue weighted by molar-refractivity contribution is 5.79. The third-order valence-electron chi connectivity index (χ3n) is 10.2. The standard InChI is InChI=1S/C36H47F6N3O2/c1-26(2)47-30-11-6-8-27(22-30)23-33(46)45-16-7-14-34(25-45,28-12-13-31(35(37,38)39)32(24-28)36(40,41)42)15-17-43-18-20-44(21-19-43)29-9-4-3-5-10-29/h6,8,11-13,22,24,26,29H,3-5,7,9-10,14-21,23,25H2,1-2H3. The predicted molar refractivity (Wildman–Crippen MR) is 169 cm³/mol. The number of ether oxygens (including phenoxy) is 1. The second kappa shape index (κ2) is 14.8. The van der Waals surface area contributed by atoms with Crippen LogP contribution in [0.25, 0.3) is 0 Å². The van der Waals surface area contributed by atoms with Crippen molar-refractivity contribution in [2.24, 2.45) is 0 Å². The number of carbonyl (C=O) groups is 1. The molecule has 11 heteroatoms. The second-order valence-electron chi connectivity index (χ2n) is 13.9. The summed E-state index contributed by atoms with van der Waals surface area (Å²) < 4.78 is 89.2. The van der Waals surface area contributed by atoms with Gasteiger partial charge in [-0.15, -0.1) is 0 Å². The van der Waals surface area contributed by atoms with Gasteiger partial charge in [-0.05, 0) is 87.9 Å². The van der Waals surface area contributed by atoms with E-state index in [1.165, 1.54) is 38.2 Å². The molecule has 0 radical (unpaired) electrons. The van der Waals surface area contributed by atoms with Gasteiger partial charge < -0.3 is 14.5 Å². The summed E-state index contributed by atoms with van der Waals surface area (Å²) >= 11 is 0. The van der Waals surface area contributed by atoms with Gasteiger partial charge in [0.2, 0.25) is 5.91 Å². The lowest BCUT2D eigenvalue weighted by atomic mass is 9.70. The normalized spacial score (nSPS) is 22.5. The lowest BCUT2D eigenvalue weighted by Gasteiger charge is -2.46. The molecule has 3 aliphatic rings. The minimum Gasteiger partial charge on any atom is -0.491 e. The zero-order valence-corrected chi connectivity index (χ0v) is 27.4. The molecule has 2 saturated heterocycles. The fourth-order valence-electron chi connectivity index (χ4n) is 7.74. The van der Waals surface area contributed by atoms with Crippen LogP contribution < -0.4 is 4.74 Å². The Kier molecular flexibility index (Phi) is 11.2. The third kappa shape index (κ3) is 9.02. The number of rotatable bonds is 9. The highest BCUT2D eigenvalue weighted by Crippen LogP contribution is 2.45. The van der Waals surface area contributed by atoms with E-state index in [1.54, 1.807) is 4.90 Å². The fourth-order valence-corrected chi connectivity index (χ4v) is 7.74. The molecule has 2 aromatic rings. The molecule has 1 atom stereocenters. The van der Waals surface area contributed by atoms with E-state index in [4.69, 9.17) is 4.74 Å². The molecule has 1 amide bonds. The van der Waals surface area contributed by atoms with Crippen LogP contribution in [0.4, 0.5) is 26.3 Å². The second-order valence-corrected chi connectivity index (χ2v) is 13.9. The topological polar surface area (TPSA) is 36.0 Å². The van der Waals surface area contributed by atoms with Crippen molar-refractivity contribution in [3.05, 3.63) is 64.7 Å². The molecule has 5 nitrogen and oxygen atoms in total. The molecule has 1 aliphatic carbocycles. The number of benzene rings is 2. The number of piperazine rings is 1. The largest absolute Gasteiger partial charge is 0.491 e. The number of hydrogen-bond acceptors (Lipinski definition) is 4. The molecule has 0 aromatic heterocycles. The van der Waals surface area contributed by atoms with Gasteiger partial charge in [0.15, 0.2) is 0 Å².